The van der Waals surface area contributed by atoms with Crippen molar-refractivity contribution in [1.29, 1.82) is 0 Å². The molecule has 1 aliphatic heterocycles. The molecule has 0 fully saturated rings. The average Bonchev–Trinajstić information content (AvgIpc) is 3.34. The van der Waals surface area contributed by atoms with Crippen molar-refractivity contribution in [2.24, 2.45) is 4.99 Å². The SMILES string of the molecule is CN=C(NCCCn1ccc2ccccc21)NCc1ccc2c(c1)OCO2. The number of guanidine groups is 1. The molecule has 0 aliphatic carbocycles. The number of aliphatic imine (C=N–C) groups is 1. The van der Waals surface area contributed by atoms with E-state index in [1.807, 2.05) is 18.2 Å². The molecule has 2 aromatic carbocycles. The highest BCUT2D eigenvalue weighted by atomic mass is 16.7. The van der Waals surface area contributed by atoms with E-state index in [-0.39, 0.29) is 0 Å². The number of aromatic nitrogens is 1. The standard InChI is InChI=1S/C21H24N4O2/c1-22-21(24-14-16-7-8-19-20(13-16)27-15-26-19)23-10-4-11-25-12-9-17-5-2-3-6-18(17)25/h2-3,5-9,12-13H,4,10-11,14-15H2,1H3,(H2,22,23,24). The topological polar surface area (TPSA) is 59.8 Å². The Morgan fingerprint density at radius 3 is 2.89 bits per heavy atom. The largest absolute Gasteiger partial charge is 0.454 e. The zero-order valence-corrected chi connectivity index (χ0v) is 15.4. The number of rotatable bonds is 6. The Labute approximate surface area is 158 Å². The summed E-state index contributed by atoms with van der Waals surface area (Å²) in [6.45, 7) is 2.80. The summed E-state index contributed by atoms with van der Waals surface area (Å²) in [4.78, 5) is 4.29. The van der Waals surface area contributed by atoms with Gasteiger partial charge in [-0.15, -0.1) is 0 Å². The van der Waals surface area contributed by atoms with Crippen LogP contribution in [0.4, 0.5) is 0 Å². The van der Waals surface area contributed by atoms with Crippen LogP contribution < -0.4 is 20.1 Å². The maximum absolute atomic E-state index is 5.42. The first kappa shape index (κ1) is 17.3. The second-order valence-electron chi connectivity index (χ2n) is 6.46. The van der Waals surface area contributed by atoms with Crippen molar-refractivity contribution in [1.82, 2.24) is 15.2 Å². The quantitative estimate of drug-likeness (QED) is 0.401. The molecule has 27 heavy (non-hydrogen) atoms. The number of nitrogens with zero attached hydrogens (tertiary/aromatic N) is 2. The molecule has 140 valence electrons. The van der Waals surface area contributed by atoms with Crippen LogP contribution >= 0.6 is 0 Å². The van der Waals surface area contributed by atoms with Crippen molar-refractivity contribution in [3.8, 4) is 11.5 Å². The fourth-order valence-corrected chi connectivity index (χ4v) is 3.25. The Morgan fingerprint density at radius 1 is 1.07 bits per heavy atom. The van der Waals surface area contributed by atoms with Gasteiger partial charge in [-0.1, -0.05) is 24.3 Å². The van der Waals surface area contributed by atoms with E-state index in [1.54, 1.807) is 7.05 Å². The third kappa shape index (κ3) is 4.00. The lowest BCUT2D eigenvalue weighted by Gasteiger charge is -2.13. The van der Waals surface area contributed by atoms with Crippen molar-refractivity contribution in [3.05, 3.63) is 60.3 Å². The fourth-order valence-electron chi connectivity index (χ4n) is 3.25. The monoisotopic (exact) mass is 364 g/mol. The molecule has 1 aromatic heterocycles. The third-order valence-corrected chi connectivity index (χ3v) is 4.67. The summed E-state index contributed by atoms with van der Waals surface area (Å²) in [6.07, 6.45) is 3.17. The summed E-state index contributed by atoms with van der Waals surface area (Å²) in [6, 6.07) is 16.6. The lowest BCUT2D eigenvalue weighted by molar-refractivity contribution is 0.174. The molecule has 2 N–H and O–H groups in total. The van der Waals surface area contributed by atoms with E-state index >= 15 is 0 Å². The minimum absolute atomic E-state index is 0.298. The molecule has 0 saturated heterocycles. The van der Waals surface area contributed by atoms with Crippen LogP contribution in [0, 0.1) is 0 Å². The Bertz CT molecular complexity index is 948. The number of ether oxygens (including phenoxy) is 2. The van der Waals surface area contributed by atoms with Gasteiger partial charge in [0, 0.05) is 38.4 Å². The summed E-state index contributed by atoms with van der Waals surface area (Å²) in [5, 5.41) is 7.99. The van der Waals surface area contributed by atoms with E-state index in [4.69, 9.17) is 9.47 Å². The van der Waals surface area contributed by atoms with E-state index in [0.29, 0.717) is 13.3 Å². The molecule has 0 radical (unpaired) electrons. The Hall–Kier alpha value is -3.15. The van der Waals surface area contributed by atoms with Gasteiger partial charge >= 0.3 is 0 Å². The van der Waals surface area contributed by atoms with Crippen molar-refractivity contribution in [3.63, 3.8) is 0 Å². The number of benzene rings is 2. The second-order valence-corrected chi connectivity index (χ2v) is 6.46. The maximum Gasteiger partial charge on any atom is 0.231 e. The molecule has 1 aliphatic rings. The van der Waals surface area contributed by atoms with E-state index in [2.05, 4.69) is 56.7 Å². The van der Waals surface area contributed by atoms with Gasteiger partial charge in [0.1, 0.15) is 0 Å². The van der Waals surface area contributed by atoms with Crippen molar-refractivity contribution in [2.75, 3.05) is 20.4 Å². The predicted octanol–water partition coefficient (Wildman–Crippen LogP) is 3.13. The van der Waals surface area contributed by atoms with Gasteiger partial charge in [0.25, 0.3) is 0 Å². The van der Waals surface area contributed by atoms with Gasteiger partial charge in [-0.25, -0.2) is 0 Å². The predicted molar refractivity (Wildman–Crippen MR) is 107 cm³/mol. The third-order valence-electron chi connectivity index (χ3n) is 4.67. The van der Waals surface area contributed by atoms with Crippen LogP contribution in [0.1, 0.15) is 12.0 Å². The van der Waals surface area contributed by atoms with Gasteiger partial charge in [-0.05, 0) is 41.6 Å². The highest BCUT2D eigenvalue weighted by Crippen LogP contribution is 2.32. The molecule has 6 heteroatoms. The minimum Gasteiger partial charge on any atom is -0.454 e. The molecule has 0 atom stereocenters. The fraction of sp³-hybridized carbons (Fsp3) is 0.286. The summed E-state index contributed by atoms with van der Waals surface area (Å²) >= 11 is 0. The number of hydrogen-bond acceptors (Lipinski definition) is 3. The average molecular weight is 364 g/mol. The zero-order valence-electron chi connectivity index (χ0n) is 15.4. The number of hydrogen-bond donors (Lipinski definition) is 2. The van der Waals surface area contributed by atoms with Crippen LogP contribution in [0.15, 0.2) is 59.7 Å². The van der Waals surface area contributed by atoms with Gasteiger partial charge in [0.05, 0.1) is 0 Å². The first-order valence-corrected chi connectivity index (χ1v) is 9.20. The highest BCUT2D eigenvalue weighted by molar-refractivity contribution is 5.80. The van der Waals surface area contributed by atoms with Gasteiger partial charge in [0.15, 0.2) is 17.5 Å². The molecule has 0 amide bonds. The van der Waals surface area contributed by atoms with Crippen LogP contribution in [0.3, 0.4) is 0 Å². The molecule has 0 saturated carbocycles. The Kier molecular flexibility index (Phi) is 5.14. The smallest absolute Gasteiger partial charge is 0.231 e. The lowest BCUT2D eigenvalue weighted by atomic mass is 10.2. The molecular weight excluding hydrogens is 340 g/mol. The van der Waals surface area contributed by atoms with E-state index in [0.717, 1.165) is 42.5 Å². The van der Waals surface area contributed by atoms with Gasteiger partial charge in [-0.3, -0.25) is 4.99 Å². The lowest BCUT2D eigenvalue weighted by Crippen LogP contribution is -2.37. The van der Waals surface area contributed by atoms with Gasteiger partial charge in [-0.2, -0.15) is 0 Å². The van der Waals surface area contributed by atoms with Gasteiger partial charge < -0.3 is 24.7 Å². The number of nitrogens with one attached hydrogen (secondary N) is 2. The van der Waals surface area contributed by atoms with Crippen LogP contribution in [0.5, 0.6) is 11.5 Å². The molecular formula is C21H24N4O2. The van der Waals surface area contributed by atoms with Crippen molar-refractivity contribution >= 4 is 16.9 Å². The molecule has 0 bridgehead atoms. The minimum atomic E-state index is 0.298. The van der Waals surface area contributed by atoms with E-state index < -0.39 is 0 Å². The molecule has 4 rings (SSSR count). The molecule has 0 spiro atoms. The van der Waals surface area contributed by atoms with E-state index in [9.17, 15) is 0 Å². The number of para-hydroxylation sites is 1. The van der Waals surface area contributed by atoms with Gasteiger partial charge in [0.2, 0.25) is 6.79 Å². The van der Waals surface area contributed by atoms with Crippen LogP contribution in [-0.4, -0.2) is 30.9 Å². The normalized spacial score (nSPS) is 13.1. The van der Waals surface area contributed by atoms with Crippen LogP contribution in [0.25, 0.3) is 10.9 Å². The Morgan fingerprint density at radius 2 is 1.96 bits per heavy atom. The first-order chi connectivity index (χ1) is 13.3. The summed E-state index contributed by atoms with van der Waals surface area (Å²) < 4.78 is 13.1. The van der Waals surface area contributed by atoms with Crippen molar-refractivity contribution in [2.45, 2.75) is 19.5 Å². The molecule has 0 unspecified atom stereocenters. The molecule has 3 aromatic rings. The van der Waals surface area contributed by atoms with Crippen LogP contribution in [-0.2, 0) is 13.1 Å². The summed E-state index contributed by atoms with van der Waals surface area (Å²) in [5.41, 5.74) is 2.41. The maximum atomic E-state index is 5.42. The Balaban J connectivity index is 1.23. The second kappa shape index (κ2) is 8.03. The van der Waals surface area contributed by atoms with Crippen LogP contribution in [0.2, 0.25) is 0 Å². The first-order valence-electron chi connectivity index (χ1n) is 9.20. The molecule has 6 nitrogen and oxygen atoms in total. The zero-order chi connectivity index (χ0) is 18.5. The van der Waals surface area contributed by atoms with E-state index in [1.165, 1.54) is 10.9 Å². The summed E-state index contributed by atoms with van der Waals surface area (Å²) in [7, 11) is 1.79. The summed E-state index contributed by atoms with van der Waals surface area (Å²) in [5.74, 6) is 2.40. The van der Waals surface area contributed by atoms with Crippen molar-refractivity contribution < 1.29 is 9.47 Å². The number of fused-ring (bicyclic) bond motifs is 2. The highest BCUT2D eigenvalue weighted by Gasteiger charge is 2.13. The number of aryl methyl sites for hydroxylation is 1. The molecule has 2 heterocycles.